The number of ether oxygens (including phenoxy) is 2. The number of fused-ring (bicyclic) bond motifs is 1. The van der Waals surface area contributed by atoms with E-state index in [1.165, 1.54) is 0 Å². The van der Waals surface area contributed by atoms with Gasteiger partial charge in [0.15, 0.2) is 11.5 Å². The van der Waals surface area contributed by atoms with Crippen molar-refractivity contribution >= 4 is 17.5 Å². The number of nitrogens with one attached hydrogen (secondary N) is 2. The predicted molar refractivity (Wildman–Crippen MR) is 111 cm³/mol. The number of carbonyl (C=O) groups excluding carboxylic acids is 2. The highest BCUT2D eigenvalue weighted by Gasteiger charge is 2.15. The first-order chi connectivity index (χ1) is 14.2. The molecule has 1 heterocycles. The van der Waals surface area contributed by atoms with Crippen LogP contribution in [0, 0.1) is 0 Å². The summed E-state index contributed by atoms with van der Waals surface area (Å²) in [7, 11) is 0. The standard InChI is InChI=1S/C22H27N3O4/c23-12-6-2-1-3-9-21(26)25-18-8-5-4-7-17(18)22(27)24-14-16-10-11-19-20(13-16)29-15-28-19/h4-5,7-8,10-11,13H,1-3,6,9,12,14-15,23H2,(H,24,27)(H,25,26). The maximum absolute atomic E-state index is 12.7. The highest BCUT2D eigenvalue weighted by atomic mass is 16.7. The molecular weight excluding hydrogens is 370 g/mol. The highest BCUT2D eigenvalue weighted by molar-refractivity contribution is 6.03. The fraction of sp³-hybridized carbons (Fsp3) is 0.364. The van der Waals surface area contributed by atoms with Gasteiger partial charge in [0.2, 0.25) is 12.7 Å². The molecule has 0 bridgehead atoms. The summed E-state index contributed by atoms with van der Waals surface area (Å²) in [5.74, 6) is 1.04. The van der Waals surface area contributed by atoms with E-state index in [1.807, 2.05) is 18.2 Å². The maximum Gasteiger partial charge on any atom is 0.253 e. The monoisotopic (exact) mass is 397 g/mol. The van der Waals surface area contributed by atoms with Crippen LogP contribution in [-0.4, -0.2) is 25.2 Å². The Morgan fingerprint density at radius 1 is 0.966 bits per heavy atom. The zero-order valence-electron chi connectivity index (χ0n) is 16.4. The molecule has 0 atom stereocenters. The third-order valence-corrected chi connectivity index (χ3v) is 4.69. The van der Waals surface area contributed by atoms with Gasteiger partial charge in [-0.2, -0.15) is 0 Å². The van der Waals surface area contributed by atoms with Crippen molar-refractivity contribution in [3.63, 3.8) is 0 Å². The van der Waals surface area contributed by atoms with Gasteiger partial charge in [-0.1, -0.05) is 31.0 Å². The van der Waals surface area contributed by atoms with E-state index in [2.05, 4.69) is 10.6 Å². The Hall–Kier alpha value is -3.06. The van der Waals surface area contributed by atoms with E-state index in [9.17, 15) is 9.59 Å². The van der Waals surface area contributed by atoms with E-state index < -0.39 is 0 Å². The average molecular weight is 397 g/mol. The van der Waals surface area contributed by atoms with E-state index in [-0.39, 0.29) is 18.6 Å². The molecule has 29 heavy (non-hydrogen) atoms. The molecule has 7 heteroatoms. The largest absolute Gasteiger partial charge is 0.454 e. The predicted octanol–water partition coefficient (Wildman–Crippen LogP) is 3.19. The van der Waals surface area contributed by atoms with Crippen molar-refractivity contribution in [2.75, 3.05) is 18.7 Å². The molecule has 0 unspecified atom stereocenters. The molecular formula is C22H27N3O4. The van der Waals surface area contributed by atoms with Gasteiger partial charge in [-0.15, -0.1) is 0 Å². The van der Waals surface area contributed by atoms with Crippen molar-refractivity contribution in [2.24, 2.45) is 5.73 Å². The van der Waals surface area contributed by atoms with Crippen LogP contribution in [0.5, 0.6) is 11.5 Å². The quantitative estimate of drug-likeness (QED) is 0.534. The molecule has 7 nitrogen and oxygen atoms in total. The number of benzene rings is 2. The summed E-state index contributed by atoms with van der Waals surface area (Å²) in [6.45, 7) is 1.24. The smallest absolute Gasteiger partial charge is 0.253 e. The van der Waals surface area contributed by atoms with Crippen molar-refractivity contribution < 1.29 is 19.1 Å². The molecule has 0 radical (unpaired) electrons. The van der Waals surface area contributed by atoms with Gasteiger partial charge in [-0.25, -0.2) is 0 Å². The van der Waals surface area contributed by atoms with Gasteiger partial charge in [-0.3, -0.25) is 9.59 Å². The van der Waals surface area contributed by atoms with Gasteiger partial charge in [-0.05, 0) is 49.2 Å². The van der Waals surface area contributed by atoms with Crippen LogP contribution in [0.1, 0.15) is 48.0 Å². The third-order valence-electron chi connectivity index (χ3n) is 4.69. The summed E-state index contributed by atoms with van der Waals surface area (Å²) in [5.41, 5.74) is 7.33. The molecule has 0 saturated carbocycles. The fourth-order valence-electron chi connectivity index (χ4n) is 3.11. The van der Waals surface area contributed by atoms with Crippen LogP contribution in [0.25, 0.3) is 0 Å². The van der Waals surface area contributed by atoms with Crippen LogP contribution in [0.3, 0.4) is 0 Å². The lowest BCUT2D eigenvalue weighted by Gasteiger charge is -2.12. The zero-order chi connectivity index (χ0) is 20.5. The molecule has 4 N–H and O–H groups in total. The van der Waals surface area contributed by atoms with Crippen molar-refractivity contribution in [1.82, 2.24) is 5.32 Å². The summed E-state index contributed by atoms with van der Waals surface area (Å²) in [6.07, 6.45) is 4.22. The molecule has 154 valence electrons. The Morgan fingerprint density at radius 2 is 1.76 bits per heavy atom. The molecule has 0 spiro atoms. The van der Waals surface area contributed by atoms with Crippen LogP contribution < -0.4 is 25.8 Å². The van der Waals surface area contributed by atoms with E-state index in [1.54, 1.807) is 24.3 Å². The summed E-state index contributed by atoms with van der Waals surface area (Å²) in [4.78, 5) is 24.9. The highest BCUT2D eigenvalue weighted by Crippen LogP contribution is 2.32. The molecule has 0 aliphatic carbocycles. The molecule has 2 aromatic rings. The minimum Gasteiger partial charge on any atom is -0.454 e. The first-order valence-electron chi connectivity index (χ1n) is 9.93. The number of unbranched alkanes of at least 4 members (excludes halogenated alkanes) is 3. The third kappa shape index (κ3) is 5.96. The van der Waals surface area contributed by atoms with Gasteiger partial charge >= 0.3 is 0 Å². The lowest BCUT2D eigenvalue weighted by atomic mass is 10.1. The van der Waals surface area contributed by atoms with E-state index >= 15 is 0 Å². The molecule has 1 aliphatic heterocycles. The second-order valence-electron chi connectivity index (χ2n) is 6.92. The lowest BCUT2D eigenvalue weighted by molar-refractivity contribution is -0.116. The first kappa shape index (κ1) is 20.7. The van der Waals surface area contributed by atoms with E-state index in [0.29, 0.717) is 42.3 Å². The Kier molecular flexibility index (Phi) is 7.47. The molecule has 0 fully saturated rings. The van der Waals surface area contributed by atoms with Crippen LogP contribution in [0.4, 0.5) is 5.69 Å². The SMILES string of the molecule is NCCCCCCC(=O)Nc1ccccc1C(=O)NCc1ccc2c(c1)OCO2. The molecule has 0 saturated heterocycles. The molecule has 2 amide bonds. The minimum absolute atomic E-state index is 0.0891. The van der Waals surface area contributed by atoms with E-state index in [0.717, 1.165) is 31.2 Å². The number of amides is 2. The number of anilines is 1. The number of carbonyl (C=O) groups is 2. The number of hydrogen-bond donors (Lipinski definition) is 3. The Bertz CT molecular complexity index is 854. The average Bonchev–Trinajstić information content (AvgIpc) is 3.20. The Balaban J connectivity index is 1.53. The summed E-state index contributed by atoms with van der Waals surface area (Å²) in [5, 5.41) is 5.74. The van der Waals surface area contributed by atoms with Crippen LogP contribution in [0.2, 0.25) is 0 Å². The van der Waals surface area contributed by atoms with E-state index in [4.69, 9.17) is 15.2 Å². The summed E-state index contributed by atoms with van der Waals surface area (Å²) >= 11 is 0. The van der Waals surface area contributed by atoms with Crippen LogP contribution in [0.15, 0.2) is 42.5 Å². The number of rotatable bonds is 10. The molecule has 2 aromatic carbocycles. The van der Waals surface area contributed by atoms with Gasteiger partial charge < -0.3 is 25.8 Å². The van der Waals surface area contributed by atoms with Crippen molar-refractivity contribution in [3.8, 4) is 11.5 Å². The van der Waals surface area contributed by atoms with Gasteiger partial charge in [0.25, 0.3) is 5.91 Å². The summed E-state index contributed by atoms with van der Waals surface area (Å²) in [6, 6.07) is 12.6. The number of para-hydroxylation sites is 1. The van der Waals surface area contributed by atoms with Crippen LogP contribution in [-0.2, 0) is 11.3 Å². The second-order valence-corrected chi connectivity index (χ2v) is 6.92. The maximum atomic E-state index is 12.7. The van der Waals surface area contributed by atoms with Crippen molar-refractivity contribution in [1.29, 1.82) is 0 Å². The molecule has 1 aliphatic rings. The first-order valence-corrected chi connectivity index (χ1v) is 9.93. The molecule has 0 aromatic heterocycles. The summed E-state index contributed by atoms with van der Waals surface area (Å²) < 4.78 is 10.7. The fourth-order valence-corrected chi connectivity index (χ4v) is 3.11. The van der Waals surface area contributed by atoms with Gasteiger partial charge in [0.1, 0.15) is 0 Å². The van der Waals surface area contributed by atoms with Gasteiger partial charge in [0.05, 0.1) is 11.3 Å². The second kappa shape index (κ2) is 10.5. The van der Waals surface area contributed by atoms with Crippen LogP contribution >= 0.6 is 0 Å². The topological polar surface area (TPSA) is 103 Å². The van der Waals surface area contributed by atoms with Crippen molar-refractivity contribution in [2.45, 2.75) is 38.6 Å². The number of hydrogen-bond acceptors (Lipinski definition) is 5. The lowest BCUT2D eigenvalue weighted by Crippen LogP contribution is -2.24. The molecule has 3 rings (SSSR count). The Labute approximate surface area is 170 Å². The normalized spacial score (nSPS) is 11.9. The number of nitrogens with two attached hydrogens (primary N) is 1. The van der Waals surface area contributed by atoms with Crippen molar-refractivity contribution in [3.05, 3.63) is 53.6 Å². The zero-order valence-corrected chi connectivity index (χ0v) is 16.4. The Morgan fingerprint density at radius 3 is 2.62 bits per heavy atom. The minimum atomic E-state index is -0.249. The van der Waals surface area contributed by atoms with Gasteiger partial charge in [0, 0.05) is 13.0 Å².